The van der Waals surface area contributed by atoms with E-state index in [-0.39, 0.29) is 10.8 Å². The second-order valence-corrected chi connectivity index (χ2v) is 6.51. The second-order valence-electron chi connectivity index (χ2n) is 4.80. The molecule has 0 spiro atoms. The van der Waals surface area contributed by atoms with Gasteiger partial charge >= 0.3 is 0 Å². The number of amides is 1. The lowest BCUT2D eigenvalue weighted by molar-refractivity contribution is -0.122. The molecule has 0 bridgehead atoms. The third kappa shape index (κ3) is 4.94. The van der Waals surface area contributed by atoms with Crippen molar-refractivity contribution in [2.24, 2.45) is 0 Å². The first-order valence-electron chi connectivity index (χ1n) is 6.73. The number of aryl methyl sites for hydroxylation is 1. The number of unbranched alkanes of at least 4 members (excludes halogenated alkanes) is 1. The molecule has 0 fully saturated rings. The number of benzene rings is 1. The Morgan fingerprint density at radius 2 is 1.85 bits per heavy atom. The summed E-state index contributed by atoms with van der Waals surface area (Å²) < 4.78 is 26.6. The molecule has 1 amide bonds. The van der Waals surface area contributed by atoms with Gasteiger partial charge in [0.25, 0.3) is 0 Å². The van der Waals surface area contributed by atoms with E-state index in [9.17, 15) is 13.2 Å². The summed E-state index contributed by atoms with van der Waals surface area (Å²) >= 11 is 0. The zero-order valence-corrected chi connectivity index (χ0v) is 13.0. The van der Waals surface area contributed by atoms with E-state index in [1.165, 1.54) is 19.1 Å². The van der Waals surface area contributed by atoms with Crippen LogP contribution in [0.2, 0.25) is 0 Å². The van der Waals surface area contributed by atoms with E-state index >= 15 is 0 Å². The van der Waals surface area contributed by atoms with Gasteiger partial charge in [-0.15, -0.1) is 0 Å². The minimum absolute atomic E-state index is 0.163. The van der Waals surface area contributed by atoms with Gasteiger partial charge in [-0.2, -0.15) is 4.72 Å². The first-order valence-corrected chi connectivity index (χ1v) is 8.22. The van der Waals surface area contributed by atoms with Crippen molar-refractivity contribution in [2.75, 3.05) is 6.54 Å². The number of hydrogen-bond donors (Lipinski definition) is 2. The highest BCUT2D eigenvalue weighted by Gasteiger charge is 2.21. The predicted molar refractivity (Wildman–Crippen MR) is 78.9 cm³/mol. The Kier molecular flexibility index (Phi) is 6.16. The summed E-state index contributed by atoms with van der Waals surface area (Å²) in [5, 5.41) is 2.70. The predicted octanol–water partition coefficient (Wildman–Crippen LogP) is 1.58. The zero-order chi connectivity index (χ0) is 15.2. The average Bonchev–Trinajstić information content (AvgIpc) is 2.38. The van der Waals surface area contributed by atoms with Crippen LogP contribution < -0.4 is 10.0 Å². The van der Waals surface area contributed by atoms with Crippen LogP contribution in [0.3, 0.4) is 0 Å². The summed E-state index contributed by atoms with van der Waals surface area (Å²) in [5.41, 5.74) is 0.981. The van der Waals surface area contributed by atoms with Gasteiger partial charge in [-0.3, -0.25) is 4.79 Å². The van der Waals surface area contributed by atoms with E-state index in [0.29, 0.717) is 6.54 Å². The summed E-state index contributed by atoms with van der Waals surface area (Å²) in [6.45, 7) is 6.00. The molecule has 0 aromatic heterocycles. The topological polar surface area (TPSA) is 75.3 Å². The number of nitrogens with one attached hydrogen (secondary N) is 2. The normalized spacial score (nSPS) is 12.9. The van der Waals surface area contributed by atoms with Gasteiger partial charge < -0.3 is 5.32 Å². The molecule has 1 unspecified atom stereocenters. The quantitative estimate of drug-likeness (QED) is 0.750. The lowest BCUT2D eigenvalue weighted by Crippen LogP contribution is -2.44. The highest BCUT2D eigenvalue weighted by Crippen LogP contribution is 2.10. The lowest BCUT2D eigenvalue weighted by atomic mass is 10.2. The van der Waals surface area contributed by atoms with Gasteiger partial charge in [0.1, 0.15) is 0 Å². The molecule has 0 aliphatic carbocycles. The molecule has 1 aromatic rings. The summed E-state index contributed by atoms with van der Waals surface area (Å²) in [6, 6.07) is 5.71. The van der Waals surface area contributed by atoms with Gasteiger partial charge in [-0.25, -0.2) is 8.42 Å². The summed E-state index contributed by atoms with van der Waals surface area (Å²) in [6.07, 6.45) is 1.85. The fourth-order valence-corrected chi connectivity index (χ4v) is 2.82. The van der Waals surface area contributed by atoms with Crippen molar-refractivity contribution in [1.82, 2.24) is 10.0 Å². The minimum atomic E-state index is -3.66. The zero-order valence-electron chi connectivity index (χ0n) is 12.1. The number of hydrogen-bond acceptors (Lipinski definition) is 3. The van der Waals surface area contributed by atoms with Crippen molar-refractivity contribution in [3.05, 3.63) is 29.8 Å². The van der Waals surface area contributed by atoms with Crippen LogP contribution in [0.15, 0.2) is 29.2 Å². The maximum absolute atomic E-state index is 12.1. The Labute approximate surface area is 120 Å². The third-order valence-corrected chi connectivity index (χ3v) is 4.44. The molecule has 0 aliphatic heterocycles. The van der Waals surface area contributed by atoms with Crippen molar-refractivity contribution in [3.63, 3.8) is 0 Å². The molecule has 20 heavy (non-hydrogen) atoms. The minimum Gasteiger partial charge on any atom is -0.355 e. The van der Waals surface area contributed by atoms with E-state index in [4.69, 9.17) is 0 Å². The fourth-order valence-electron chi connectivity index (χ4n) is 1.61. The first-order chi connectivity index (χ1) is 9.36. The average molecular weight is 298 g/mol. The molecule has 5 nitrogen and oxygen atoms in total. The van der Waals surface area contributed by atoms with Crippen molar-refractivity contribution in [3.8, 4) is 0 Å². The molecule has 6 heteroatoms. The van der Waals surface area contributed by atoms with Gasteiger partial charge in [0.15, 0.2) is 0 Å². The Hall–Kier alpha value is -1.40. The van der Waals surface area contributed by atoms with Crippen molar-refractivity contribution in [2.45, 2.75) is 44.6 Å². The molecule has 2 N–H and O–H groups in total. The van der Waals surface area contributed by atoms with Gasteiger partial charge in [-0.05, 0) is 32.4 Å². The smallest absolute Gasteiger partial charge is 0.241 e. The molecule has 0 heterocycles. The van der Waals surface area contributed by atoms with Crippen LogP contribution in [0.5, 0.6) is 0 Å². The maximum Gasteiger partial charge on any atom is 0.241 e. The molecular weight excluding hydrogens is 276 g/mol. The van der Waals surface area contributed by atoms with Crippen molar-refractivity contribution < 1.29 is 13.2 Å². The van der Waals surface area contributed by atoms with E-state index in [2.05, 4.69) is 10.0 Å². The molecule has 1 rings (SSSR count). The van der Waals surface area contributed by atoms with Crippen LogP contribution in [-0.2, 0) is 14.8 Å². The Morgan fingerprint density at radius 1 is 1.25 bits per heavy atom. The highest BCUT2D eigenvalue weighted by molar-refractivity contribution is 7.89. The third-order valence-electron chi connectivity index (χ3n) is 2.89. The van der Waals surface area contributed by atoms with Gasteiger partial charge in [0.05, 0.1) is 10.9 Å². The second kappa shape index (κ2) is 7.40. The molecule has 0 saturated heterocycles. The number of carbonyl (C=O) groups excluding carboxylic acids is 1. The monoisotopic (exact) mass is 298 g/mol. The summed E-state index contributed by atoms with van der Waals surface area (Å²) in [7, 11) is -3.66. The molecule has 0 aliphatic rings. The molecule has 0 saturated carbocycles. The highest BCUT2D eigenvalue weighted by atomic mass is 32.2. The van der Waals surface area contributed by atoms with Crippen LogP contribution in [0.4, 0.5) is 0 Å². The molecule has 1 aromatic carbocycles. The van der Waals surface area contributed by atoms with Gasteiger partial charge in [0.2, 0.25) is 15.9 Å². The molecule has 1 atom stereocenters. The Morgan fingerprint density at radius 3 is 2.40 bits per heavy atom. The van der Waals surface area contributed by atoms with Crippen LogP contribution in [-0.4, -0.2) is 26.9 Å². The van der Waals surface area contributed by atoms with Gasteiger partial charge in [0, 0.05) is 6.54 Å². The lowest BCUT2D eigenvalue weighted by Gasteiger charge is -2.14. The summed E-state index contributed by atoms with van der Waals surface area (Å²) in [4.78, 5) is 11.9. The number of sulfonamides is 1. The van der Waals surface area contributed by atoms with Crippen LogP contribution in [0.25, 0.3) is 0 Å². The van der Waals surface area contributed by atoms with Crippen LogP contribution in [0.1, 0.15) is 32.3 Å². The summed E-state index contributed by atoms with van der Waals surface area (Å²) in [5.74, 6) is -0.311. The van der Waals surface area contributed by atoms with Crippen LogP contribution in [0, 0.1) is 6.92 Å². The molecule has 112 valence electrons. The number of rotatable bonds is 7. The van der Waals surface area contributed by atoms with E-state index in [1.54, 1.807) is 12.1 Å². The largest absolute Gasteiger partial charge is 0.355 e. The maximum atomic E-state index is 12.1. The Balaban J connectivity index is 2.66. The number of carbonyl (C=O) groups is 1. The SMILES string of the molecule is CCCCNC(=O)C(C)NS(=O)(=O)c1ccc(C)cc1. The standard InChI is InChI=1S/C14H22N2O3S/c1-4-5-10-15-14(17)12(3)16-20(18,19)13-8-6-11(2)7-9-13/h6-9,12,16H,4-5,10H2,1-3H3,(H,15,17). The first kappa shape index (κ1) is 16.7. The fraction of sp³-hybridized carbons (Fsp3) is 0.500. The molecule has 0 radical (unpaired) electrons. The van der Waals surface area contributed by atoms with E-state index in [0.717, 1.165) is 18.4 Å². The van der Waals surface area contributed by atoms with Crippen molar-refractivity contribution >= 4 is 15.9 Å². The molecular formula is C14H22N2O3S. The van der Waals surface area contributed by atoms with Crippen LogP contribution >= 0.6 is 0 Å². The van der Waals surface area contributed by atoms with E-state index in [1.807, 2.05) is 13.8 Å². The Bertz CT molecular complexity index is 538. The van der Waals surface area contributed by atoms with Gasteiger partial charge in [-0.1, -0.05) is 31.0 Å². The van der Waals surface area contributed by atoms with Crippen molar-refractivity contribution in [1.29, 1.82) is 0 Å². The van der Waals surface area contributed by atoms with E-state index < -0.39 is 16.1 Å².